The van der Waals surface area contributed by atoms with Crippen molar-refractivity contribution in [2.75, 3.05) is 20.1 Å². The second-order valence-electron chi connectivity index (χ2n) is 10.8. The van der Waals surface area contributed by atoms with Crippen LogP contribution in [0.25, 0.3) is 22.2 Å². The number of unbranched alkanes of at least 4 members (excludes halogenated alkanes) is 2. The summed E-state index contributed by atoms with van der Waals surface area (Å²) in [5, 5.41) is 7.32. The minimum absolute atomic E-state index is 0.0657. The Morgan fingerprint density at radius 3 is 2.54 bits per heavy atom. The van der Waals surface area contributed by atoms with Gasteiger partial charge in [0.25, 0.3) is 0 Å². The quantitative estimate of drug-likeness (QED) is 0.271. The Hall–Kier alpha value is -3.45. The maximum atomic E-state index is 13.4. The van der Waals surface area contributed by atoms with Gasteiger partial charge >= 0.3 is 0 Å². The summed E-state index contributed by atoms with van der Waals surface area (Å²) in [6.45, 7) is 2.98. The van der Waals surface area contributed by atoms with E-state index >= 15 is 0 Å². The van der Waals surface area contributed by atoms with Crippen molar-refractivity contribution >= 4 is 28.5 Å². The van der Waals surface area contributed by atoms with Crippen LogP contribution < -0.4 is 10.6 Å². The fourth-order valence-electron chi connectivity index (χ4n) is 5.59. The lowest BCUT2D eigenvalue weighted by molar-refractivity contribution is -0.132. The highest BCUT2D eigenvalue weighted by Crippen LogP contribution is 2.30. The van der Waals surface area contributed by atoms with Crippen LogP contribution in [-0.4, -0.2) is 59.7 Å². The van der Waals surface area contributed by atoms with Crippen LogP contribution >= 0.6 is 0 Å². The van der Waals surface area contributed by atoms with Crippen molar-refractivity contribution in [2.45, 2.75) is 76.8 Å². The van der Waals surface area contributed by atoms with Crippen LogP contribution in [0.5, 0.6) is 0 Å². The normalized spacial score (nSPS) is 16.6. The van der Waals surface area contributed by atoms with Gasteiger partial charge in [-0.2, -0.15) is 0 Å². The number of para-hydroxylation sites is 1. The number of likely N-dealkylation sites (N-methyl/N-ethyl adjacent to an activating group) is 1. The Morgan fingerprint density at radius 1 is 1.00 bits per heavy atom. The molecule has 1 aliphatic heterocycles. The number of hydrogen-bond donors (Lipinski definition) is 3. The van der Waals surface area contributed by atoms with Crippen LogP contribution in [0.4, 0.5) is 0 Å². The van der Waals surface area contributed by atoms with E-state index in [4.69, 9.17) is 0 Å². The molecule has 1 aliphatic rings. The average molecular weight is 531 g/mol. The molecule has 2 aromatic carbocycles. The summed E-state index contributed by atoms with van der Waals surface area (Å²) in [6.07, 6.45) is 7.19. The summed E-state index contributed by atoms with van der Waals surface area (Å²) >= 11 is 0. The largest absolute Gasteiger partial charge is 0.354 e. The van der Waals surface area contributed by atoms with Crippen LogP contribution in [0.3, 0.4) is 0 Å². The Morgan fingerprint density at radius 2 is 1.77 bits per heavy atom. The van der Waals surface area contributed by atoms with Crippen LogP contribution in [0.2, 0.25) is 0 Å². The minimum Gasteiger partial charge on any atom is -0.354 e. The number of H-pyrrole nitrogens is 1. The number of fused-ring (bicyclic) bond motifs is 1. The van der Waals surface area contributed by atoms with Gasteiger partial charge in [-0.05, 0) is 69.8 Å². The molecule has 1 fully saturated rings. The molecule has 0 spiro atoms. The zero-order valence-electron chi connectivity index (χ0n) is 23.3. The number of rotatable bonds is 13. The zero-order chi connectivity index (χ0) is 27.6. The van der Waals surface area contributed by atoms with E-state index < -0.39 is 6.04 Å². The molecule has 2 heterocycles. The molecular weight excluding hydrogens is 488 g/mol. The molecule has 39 heavy (non-hydrogen) atoms. The topological polar surface area (TPSA) is 94.3 Å². The molecule has 7 nitrogen and oxygen atoms in total. The molecule has 1 unspecified atom stereocenters. The number of hydrogen-bond acceptors (Lipinski definition) is 4. The molecule has 3 aromatic rings. The average Bonchev–Trinajstić information content (AvgIpc) is 3.31. The first-order valence-electron chi connectivity index (χ1n) is 14.4. The van der Waals surface area contributed by atoms with Crippen molar-refractivity contribution in [3.05, 3.63) is 60.2 Å². The maximum Gasteiger partial charge on any atom is 0.242 e. The van der Waals surface area contributed by atoms with Crippen molar-refractivity contribution < 1.29 is 14.4 Å². The number of Topliss-reactive ketones (excluding diaryl/α,β-unsaturated/α-hetero) is 1. The molecule has 0 radical (unpaired) electrons. The van der Waals surface area contributed by atoms with E-state index in [1.165, 1.54) is 5.56 Å². The highest BCUT2D eigenvalue weighted by molar-refractivity contribution is 5.91. The molecule has 0 aliphatic carbocycles. The summed E-state index contributed by atoms with van der Waals surface area (Å²) < 4.78 is 0. The number of carbonyl (C=O) groups is 3. The first-order chi connectivity index (χ1) is 18.9. The standard InChI is InChI=1S/C32H42N4O3/c1-23(37)13-5-3-8-18-28(35-32(39)29-19-11-12-22-36(29)2)31(38)33-21-20-26-25-16-9-10-17-27(25)34-30(26)24-14-6-4-7-15-24/h4,6-7,9-10,14-17,28-29,34H,3,5,8,11-13,18-22H2,1-2H3,(H,33,38)(H,35,39)/t28-,29?/m0/s1. The molecule has 7 heteroatoms. The number of ketones is 1. The number of nitrogens with one attached hydrogen (secondary N) is 3. The Kier molecular flexibility index (Phi) is 10.3. The number of aromatic nitrogens is 1. The van der Waals surface area contributed by atoms with Crippen LogP contribution in [0.15, 0.2) is 54.6 Å². The lowest BCUT2D eigenvalue weighted by atomic mass is 10.0. The van der Waals surface area contributed by atoms with Gasteiger partial charge in [0.15, 0.2) is 0 Å². The third kappa shape index (κ3) is 7.79. The molecule has 208 valence electrons. The molecular formula is C32H42N4O3. The van der Waals surface area contributed by atoms with Gasteiger partial charge in [0.2, 0.25) is 11.8 Å². The first kappa shape index (κ1) is 28.6. The zero-order valence-corrected chi connectivity index (χ0v) is 23.3. The lowest BCUT2D eigenvalue weighted by Gasteiger charge is -2.32. The highest BCUT2D eigenvalue weighted by Gasteiger charge is 2.29. The molecule has 2 amide bonds. The number of carbonyl (C=O) groups excluding carboxylic acids is 3. The number of likely N-dealkylation sites (tertiary alicyclic amines) is 1. The number of aromatic amines is 1. The minimum atomic E-state index is -0.582. The van der Waals surface area contributed by atoms with Crippen LogP contribution in [0.1, 0.15) is 63.9 Å². The molecule has 0 bridgehead atoms. The van der Waals surface area contributed by atoms with Crippen molar-refractivity contribution in [3.63, 3.8) is 0 Å². The summed E-state index contributed by atoms with van der Waals surface area (Å²) in [5.41, 5.74) is 4.43. The van der Waals surface area contributed by atoms with Gasteiger partial charge in [-0.15, -0.1) is 0 Å². The van der Waals surface area contributed by atoms with Gasteiger partial charge in [0.05, 0.1) is 6.04 Å². The molecule has 4 rings (SSSR count). The molecule has 2 atom stereocenters. The summed E-state index contributed by atoms with van der Waals surface area (Å²) in [6, 6.07) is 17.7. The Bertz CT molecular complexity index is 1250. The number of benzene rings is 2. The van der Waals surface area contributed by atoms with E-state index in [9.17, 15) is 14.4 Å². The van der Waals surface area contributed by atoms with Gasteiger partial charge in [0, 0.05) is 29.6 Å². The van der Waals surface area contributed by atoms with E-state index in [-0.39, 0.29) is 23.6 Å². The lowest BCUT2D eigenvalue weighted by Crippen LogP contribution is -2.54. The third-order valence-corrected chi connectivity index (χ3v) is 7.78. The SMILES string of the molecule is CC(=O)CCCCC[C@H](NC(=O)C1CCCCN1C)C(=O)NCCc1c(-c2ccccc2)[nH]c2ccccc12. The second kappa shape index (κ2) is 14.1. The van der Waals surface area contributed by atoms with Gasteiger partial charge < -0.3 is 20.4 Å². The summed E-state index contributed by atoms with van der Waals surface area (Å²) in [4.78, 5) is 43.4. The van der Waals surface area contributed by atoms with Gasteiger partial charge in [-0.1, -0.05) is 67.8 Å². The van der Waals surface area contributed by atoms with Crippen LogP contribution in [0, 0.1) is 0 Å². The van der Waals surface area contributed by atoms with E-state index in [0.29, 0.717) is 25.8 Å². The third-order valence-electron chi connectivity index (χ3n) is 7.78. The molecule has 1 aromatic heterocycles. The van der Waals surface area contributed by atoms with Crippen LogP contribution in [-0.2, 0) is 20.8 Å². The highest BCUT2D eigenvalue weighted by atomic mass is 16.2. The Balaban J connectivity index is 1.41. The number of amides is 2. The predicted molar refractivity (Wildman–Crippen MR) is 156 cm³/mol. The van der Waals surface area contributed by atoms with Gasteiger partial charge in [0.1, 0.15) is 11.8 Å². The van der Waals surface area contributed by atoms with Gasteiger partial charge in [-0.25, -0.2) is 0 Å². The van der Waals surface area contributed by atoms with Crippen molar-refractivity contribution in [3.8, 4) is 11.3 Å². The van der Waals surface area contributed by atoms with E-state index in [0.717, 1.165) is 67.2 Å². The smallest absolute Gasteiger partial charge is 0.242 e. The van der Waals surface area contributed by atoms with Crippen molar-refractivity contribution in [1.29, 1.82) is 0 Å². The van der Waals surface area contributed by atoms with Crippen molar-refractivity contribution in [2.24, 2.45) is 0 Å². The van der Waals surface area contributed by atoms with E-state index in [2.05, 4.69) is 44.8 Å². The number of piperidine rings is 1. The summed E-state index contributed by atoms with van der Waals surface area (Å²) in [5.74, 6) is -0.0244. The Labute approximate surface area is 231 Å². The first-order valence-corrected chi connectivity index (χ1v) is 14.4. The molecule has 0 saturated carbocycles. The molecule has 3 N–H and O–H groups in total. The van der Waals surface area contributed by atoms with Crippen molar-refractivity contribution in [1.82, 2.24) is 20.5 Å². The maximum absolute atomic E-state index is 13.4. The predicted octanol–water partition coefficient (Wildman–Crippen LogP) is 5.00. The fraction of sp³-hybridized carbons (Fsp3) is 0.469. The summed E-state index contributed by atoms with van der Waals surface area (Å²) in [7, 11) is 1.98. The number of nitrogens with zero attached hydrogens (tertiary/aromatic N) is 1. The fourth-order valence-corrected chi connectivity index (χ4v) is 5.59. The monoisotopic (exact) mass is 530 g/mol. The van der Waals surface area contributed by atoms with Gasteiger partial charge in [-0.3, -0.25) is 14.5 Å². The second-order valence-corrected chi connectivity index (χ2v) is 10.8. The molecule has 1 saturated heterocycles. The van der Waals surface area contributed by atoms with E-state index in [1.54, 1.807) is 6.92 Å². The van der Waals surface area contributed by atoms with E-state index in [1.807, 2.05) is 37.4 Å².